The number of halogens is 4. The normalized spacial score (nSPS) is 15.4. The van der Waals surface area contributed by atoms with Gasteiger partial charge in [-0.05, 0) is 25.1 Å². The van der Waals surface area contributed by atoms with E-state index in [0.29, 0.717) is 0 Å². The molecule has 102 valence electrons. The lowest BCUT2D eigenvalue weighted by Gasteiger charge is -2.19. The van der Waals surface area contributed by atoms with Gasteiger partial charge in [-0.15, -0.1) is 0 Å². The molecule has 1 aromatic carbocycles. The van der Waals surface area contributed by atoms with Gasteiger partial charge in [0.2, 0.25) is 0 Å². The van der Waals surface area contributed by atoms with E-state index in [1.54, 1.807) is 0 Å². The summed E-state index contributed by atoms with van der Waals surface area (Å²) in [5.41, 5.74) is 0.129. The summed E-state index contributed by atoms with van der Waals surface area (Å²) in [7, 11) is 0. The number of aromatic hydroxyl groups is 1. The maximum absolute atomic E-state index is 12.9. The molecule has 0 aliphatic rings. The number of alkyl halides is 3. The van der Waals surface area contributed by atoms with E-state index < -0.39 is 30.7 Å². The van der Waals surface area contributed by atoms with Gasteiger partial charge < -0.3 is 15.5 Å². The third-order valence-electron chi connectivity index (χ3n) is 2.45. The number of phenols is 1. The maximum Gasteiger partial charge on any atom is 0.415 e. The van der Waals surface area contributed by atoms with E-state index in [0.717, 1.165) is 18.2 Å². The molecule has 0 aliphatic carbocycles. The van der Waals surface area contributed by atoms with Gasteiger partial charge >= 0.3 is 6.18 Å². The van der Waals surface area contributed by atoms with Crippen LogP contribution in [0.3, 0.4) is 0 Å². The number of aliphatic hydroxyl groups excluding tert-OH is 1. The van der Waals surface area contributed by atoms with Crippen LogP contribution in [0.4, 0.5) is 17.6 Å². The molecular formula is C11H13F4NO2. The summed E-state index contributed by atoms with van der Waals surface area (Å²) < 4.78 is 49.1. The second kappa shape index (κ2) is 5.53. The van der Waals surface area contributed by atoms with Gasteiger partial charge in [-0.3, -0.25) is 0 Å². The van der Waals surface area contributed by atoms with E-state index in [-0.39, 0.29) is 11.3 Å². The number of aliphatic hydroxyl groups is 1. The molecule has 0 saturated heterocycles. The fourth-order valence-electron chi connectivity index (χ4n) is 1.39. The van der Waals surface area contributed by atoms with Crippen molar-refractivity contribution in [2.45, 2.75) is 25.2 Å². The molecule has 18 heavy (non-hydrogen) atoms. The molecule has 0 bridgehead atoms. The van der Waals surface area contributed by atoms with Crippen LogP contribution in [0.2, 0.25) is 0 Å². The summed E-state index contributed by atoms with van der Waals surface area (Å²) in [6, 6.07) is 2.45. The van der Waals surface area contributed by atoms with Crippen LogP contribution in [0.15, 0.2) is 18.2 Å². The average molecular weight is 267 g/mol. The first-order chi connectivity index (χ1) is 8.21. The standard InChI is InChI=1S/C11H13F4NO2/c1-6(16-5-10(18)11(13,14)15)8-4-7(12)2-3-9(8)17/h2-4,6,10,16-18H,5H2,1H3. The van der Waals surface area contributed by atoms with E-state index in [1.165, 1.54) is 6.92 Å². The van der Waals surface area contributed by atoms with Gasteiger partial charge in [0.1, 0.15) is 11.6 Å². The van der Waals surface area contributed by atoms with E-state index in [1.807, 2.05) is 0 Å². The van der Waals surface area contributed by atoms with Crippen LogP contribution in [0.1, 0.15) is 18.5 Å². The number of benzene rings is 1. The molecule has 2 unspecified atom stereocenters. The summed E-state index contributed by atoms with van der Waals surface area (Å²) in [4.78, 5) is 0. The number of hydrogen-bond acceptors (Lipinski definition) is 3. The SMILES string of the molecule is CC(NCC(O)C(F)(F)F)c1cc(F)ccc1O. The molecule has 2 atom stereocenters. The molecule has 0 aromatic heterocycles. The van der Waals surface area contributed by atoms with Gasteiger partial charge in [0, 0.05) is 18.2 Å². The fraction of sp³-hybridized carbons (Fsp3) is 0.455. The zero-order valence-corrected chi connectivity index (χ0v) is 9.50. The summed E-state index contributed by atoms with van der Waals surface area (Å²) in [6.07, 6.45) is -7.22. The Labute approximate surface area is 101 Å². The Morgan fingerprint density at radius 2 is 1.94 bits per heavy atom. The highest BCUT2D eigenvalue weighted by Gasteiger charge is 2.38. The minimum Gasteiger partial charge on any atom is -0.508 e. The monoisotopic (exact) mass is 267 g/mol. The van der Waals surface area contributed by atoms with Gasteiger partial charge in [0.25, 0.3) is 0 Å². The number of phenolic OH excluding ortho intramolecular Hbond substituents is 1. The van der Waals surface area contributed by atoms with Crippen LogP contribution in [-0.4, -0.2) is 29.0 Å². The summed E-state index contributed by atoms with van der Waals surface area (Å²) >= 11 is 0. The van der Waals surface area contributed by atoms with E-state index >= 15 is 0 Å². The molecule has 0 fully saturated rings. The molecule has 0 heterocycles. The number of rotatable bonds is 4. The lowest BCUT2D eigenvalue weighted by molar-refractivity contribution is -0.202. The Morgan fingerprint density at radius 1 is 1.33 bits per heavy atom. The zero-order chi connectivity index (χ0) is 13.9. The van der Waals surface area contributed by atoms with Crippen LogP contribution in [-0.2, 0) is 0 Å². The predicted molar refractivity (Wildman–Crippen MR) is 56.5 cm³/mol. The van der Waals surface area contributed by atoms with Crippen molar-refractivity contribution in [1.29, 1.82) is 0 Å². The highest BCUT2D eigenvalue weighted by molar-refractivity contribution is 5.34. The van der Waals surface area contributed by atoms with Crippen molar-refractivity contribution in [2.24, 2.45) is 0 Å². The molecule has 3 nitrogen and oxygen atoms in total. The predicted octanol–water partition coefficient (Wildman–Crippen LogP) is 2.11. The first-order valence-electron chi connectivity index (χ1n) is 5.18. The number of nitrogens with one attached hydrogen (secondary N) is 1. The van der Waals surface area contributed by atoms with Crippen molar-refractivity contribution < 1.29 is 27.8 Å². The first-order valence-corrected chi connectivity index (χ1v) is 5.18. The van der Waals surface area contributed by atoms with E-state index in [2.05, 4.69) is 5.32 Å². The molecule has 0 radical (unpaired) electrons. The van der Waals surface area contributed by atoms with Gasteiger partial charge in [0.15, 0.2) is 6.10 Å². The molecular weight excluding hydrogens is 254 g/mol. The third-order valence-corrected chi connectivity index (χ3v) is 2.45. The summed E-state index contributed by atoms with van der Waals surface area (Å²) in [6.45, 7) is 0.720. The Balaban J connectivity index is 2.66. The zero-order valence-electron chi connectivity index (χ0n) is 9.50. The topological polar surface area (TPSA) is 52.5 Å². The van der Waals surface area contributed by atoms with Crippen LogP contribution in [0.25, 0.3) is 0 Å². The van der Waals surface area contributed by atoms with Crippen LogP contribution >= 0.6 is 0 Å². The van der Waals surface area contributed by atoms with Crippen molar-refractivity contribution in [2.75, 3.05) is 6.54 Å². The molecule has 0 saturated carbocycles. The quantitative estimate of drug-likeness (QED) is 0.732. The molecule has 7 heteroatoms. The van der Waals surface area contributed by atoms with Crippen molar-refractivity contribution in [1.82, 2.24) is 5.32 Å². The van der Waals surface area contributed by atoms with E-state index in [4.69, 9.17) is 5.11 Å². The number of hydrogen-bond donors (Lipinski definition) is 3. The second-order valence-electron chi connectivity index (χ2n) is 3.89. The Hall–Kier alpha value is -1.34. The summed E-state index contributed by atoms with van der Waals surface area (Å²) in [5.74, 6) is -0.828. The lowest BCUT2D eigenvalue weighted by Crippen LogP contribution is -2.39. The van der Waals surface area contributed by atoms with Gasteiger partial charge in [-0.1, -0.05) is 0 Å². The van der Waals surface area contributed by atoms with Crippen molar-refractivity contribution in [3.05, 3.63) is 29.6 Å². The van der Waals surface area contributed by atoms with Gasteiger partial charge in [0.05, 0.1) is 0 Å². The Kier molecular flexibility index (Phi) is 4.53. The molecule has 0 aliphatic heterocycles. The van der Waals surface area contributed by atoms with Crippen molar-refractivity contribution >= 4 is 0 Å². The maximum atomic E-state index is 12.9. The average Bonchev–Trinajstić information content (AvgIpc) is 2.27. The first kappa shape index (κ1) is 14.7. The Morgan fingerprint density at radius 3 is 2.50 bits per heavy atom. The van der Waals surface area contributed by atoms with E-state index in [9.17, 15) is 22.7 Å². The van der Waals surface area contributed by atoms with Crippen molar-refractivity contribution in [3.8, 4) is 5.75 Å². The van der Waals surface area contributed by atoms with Crippen LogP contribution in [0, 0.1) is 5.82 Å². The van der Waals surface area contributed by atoms with Crippen LogP contribution < -0.4 is 5.32 Å². The minimum absolute atomic E-state index is 0.129. The van der Waals surface area contributed by atoms with Crippen LogP contribution in [0.5, 0.6) is 5.75 Å². The third kappa shape index (κ3) is 3.85. The van der Waals surface area contributed by atoms with Gasteiger partial charge in [-0.2, -0.15) is 13.2 Å². The fourth-order valence-corrected chi connectivity index (χ4v) is 1.39. The minimum atomic E-state index is -4.71. The smallest absolute Gasteiger partial charge is 0.415 e. The largest absolute Gasteiger partial charge is 0.508 e. The Bertz CT molecular complexity index is 409. The molecule has 3 N–H and O–H groups in total. The molecule has 1 rings (SSSR count). The molecule has 1 aromatic rings. The highest BCUT2D eigenvalue weighted by atomic mass is 19.4. The van der Waals surface area contributed by atoms with Crippen molar-refractivity contribution in [3.63, 3.8) is 0 Å². The molecule has 0 amide bonds. The van der Waals surface area contributed by atoms with Gasteiger partial charge in [-0.25, -0.2) is 4.39 Å². The second-order valence-corrected chi connectivity index (χ2v) is 3.89. The lowest BCUT2D eigenvalue weighted by atomic mass is 10.1. The highest BCUT2D eigenvalue weighted by Crippen LogP contribution is 2.25. The molecule has 0 spiro atoms. The summed E-state index contributed by atoms with van der Waals surface area (Å²) in [5, 5.41) is 20.6.